The fraction of sp³-hybridized carbons (Fsp3) is 1.00. The molecule has 0 aromatic rings. The summed E-state index contributed by atoms with van der Waals surface area (Å²) in [5.41, 5.74) is 0. The first kappa shape index (κ1) is 25.6. The van der Waals surface area contributed by atoms with Gasteiger partial charge in [-0.25, -0.2) is 0 Å². The van der Waals surface area contributed by atoms with Crippen LogP contribution in [0.1, 0.15) is 79.1 Å². The number of rotatable bonds is 14. The third-order valence-corrected chi connectivity index (χ3v) is 4.95. The summed E-state index contributed by atoms with van der Waals surface area (Å²) in [5.74, 6) is 0.607. The Morgan fingerprint density at radius 1 is 0.864 bits per heavy atom. The topological polar surface area (TPSA) is 58.6 Å². The van der Waals surface area contributed by atoms with Gasteiger partial charge in [0.2, 0.25) is 0 Å². The van der Waals surface area contributed by atoms with Gasteiger partial charge in [0.25, 0.3) is 7.82 Å². The van der Waals surface area contributed by atoms with Crippen molar-refractivity contribution in [1.82, 2.24) is 0 Å². The third-order valence-electron chi connectivity index (χ3n) is 4.02. The molecule has 0 radical (unpaired) electrons. The molecule has 0 N–H and O–H groups in total. The summed E-state index contributed by atoms with van der Waals surface area (Å²) < 4.78 is 21.9. The zero-order valence-corrected chi connectivity index (χ0v) is 18.1. The van der Waals surface area contributed by atoms with Crippen LogP contribution in [0.4, 0.5) is 0 Å². The molecule has 0 fully saturated rings. The van der Waals surface area contributed by atoms with Crippen molar-refractivity contribution in [2.45, 2.75) is 79.1 Å². The molecule has 0 bridgehead atoms. The van der Waals surface area contributed by atoms with Gasteiger partial charge < -0.3 is 13.9 Å². The minimum Gasteiger partial charge on any atom is -0.756 e. The molecule has 0 amide bonds. The van der Waals surface area contributed by atoms with Crippen LogP contribution in [0.3, 0.4) is 0 Å². The van der Waals surface area contributed by atoms with Crippen LogP contribution in [0.5, 0.6) is 0 Å². The molecular formula is C16H34CaO4P+. The predicted molar refractivity (Wildman–Crippen MR) is 91.9 cm³/mol. The van der Waals surface area contributed by atoms with E-state index in [1.165, 1.54) is 0 Å². The van der Waals surface area contributed by atoms with Gasteiger partial charge in [-0.15, -0.1) is 0 Å². The van der Waals surface area contributed by atoms with E-state index in [0.29, 0.717) is 11.8 Å². The minimum atomic E-state index is -4.14. The van der Waals surface area contributed by atoms with E-state index in [1.807, 2.05) is 0 Å². The van der Waals surface area contributed by atoms with Gasteiger partial charge >= 0.3 is 37.7 Å². The Labute approximate surface area is 167 Å². The monoisotopic (exact) mass is 361 g/mol. The quantitative estimate of drug-likeness (QED) is 0.337. The molecule has 0 aromatic carbocycles. The molecule has 6 heteroatoms. The molecular weight excluding hydrogens is 327 g/mol. The predicted octanol–water partition coefficient (Wildman–Crippen LogP) is 4.54. The van der Waals surface area contributed by atoms with E-state index in [-0.39, 0.29) is 51.0 Å². The van der Waals surface area contributed by atoms with Crippen LogP contribution in [0, 0.1) is 11.8 Å². The van der Waals surface area contributed by atoms with Gasteiger partial charge in [0.05, 0.1) is 13.2 Å². The van der Waals surface area contributed by atoms with Crippen molar-refractivity contribution in [1.29, 1.82) is 0 Å². The molecule has 0 saturated heterocycles. The summed E-state index contributed by atoms with van der Waals surface area (Å²) in [7, 11) is -4.14. The second-order valence-electron chi connectivity index (χ2n) is 5.87. The normalized spacial score (nSPS) is 16.6. The van der Waals surface area contributed by atoms with Gasteiger partial charge in [-0.1, -0.05) is 66.2 Å². The Morgan fingerprint density at radius 2 is 1.23 bits per heavy atom. The summed E-state index contributed by atoms with van der Waals surface area (Å²) in [6, 6.07) is 0. The summed E-state index contributed by atoms with van der Waals surface area (Å²) >= 11 is 0. The Bertz CT molecular complexity index is 265. The summed E-state index contributed by atoms with van der Waals surface area (Å²) in [6.07, 6.45) is 8.38. The Balaban J connectivity index is 0. The Kier molecular flexibility index (Phi) is 18.5. The van der Waals surface area contributed by atoms with Crippen LogP contribution in [-0.2, 0) is 13.6 Å². The fourth-order valence-electron chi connectivity index (χ4n) is 2.23. The molecule has 2 unspecified atom stereocenters. The van der Waals surface area contributed by atoms with E-state index in [4.69, 9.17) is 9.05 Å². The maximum absolute atomic E-state index is 11.8. The van der Waals surface area contributed by atoms with Crippen LogP contribution in [0.2, 0.25) is 0 Å². The number of hydrogen-bond donors (Lipinski definition) is 0. The van der Waals surface area contributed by atoms with Crippen LogP contribution in [0.25, 0.3) is 0 Å². The molecule has 0 aliphatic carbocycles. The molecule has 4 nitrogen and oxygen atoms in total. The number of unbranched alkanes of at least 4 members (excludes halogenated alkanes) is 2. The summed E-state index contributed by atoms with van der Waals surface area (Å²) in [6.45, 7) is 8.91. The van der Waals surface area contributed by atoms with Crippen molar-refractivity contribution in [2.75, 3.05) is 13.2 Å². The fourth-order valence-corrected chi connectivity index (χ4v) is 3.09. The molecule has 128 valence electrons. The largest absolute Gasteiger partial charge is 2.00 e. The van der Waals surface area contributed by atoms with Crippen molar-refractivity contribution >= 4 is 45.6 Å². The second kappa shape index (κ2) is 15.9. The van der Waals surface area contributed by atoms with Gasteiger partial charge in [0.1, 0.15) is 0 Å². The molecule has 22 heavy (non-hydrogen) atoms. The molecule has 0 rings (SSSR count). The molecule has 0 aliphatic rings. The van der Waals surface area contributed by atoms with Crippen LogP contribution in [0.15, 0.2) is 0 Å². The molecule has 0 aliphatic heterocycles. The van der Waals surface area contributed by atoms with Crippen molar-refractivity contribution < 1.29 is 18.5 Å². The average molecular weight is 361 g/mol. The smallest absolute Gasteiger partial charge is 0.756 e. The van der Waals surface area contributed by atoms with E-state index < -0.39 is 7.82 Å². The SMILES string of the molecule is CCCCC(CC)COP(=O)([O-])OCC(CC)CCCC.[Ca+2]. The first-order valence-electron chi connectivity index (χ1n) is 8.59. The minimum absolute atomic E-state index is 0. The van der Waals surface area contributed by atoms with Crippen LogP contribution >= 0.6 is 7.82 Å². The van der Waals surface area contributed by atoms with Crippen LogP contribution < -0.4 is 4.89 Å². The Morgan fingerprint density at radius 3 is 1.50 bits per heavy atom. The maximum Gasteiger partial charge on any atom is 2.00 e. The van der Waals surface area contributed by atoms with E-state index in [9.17, 15) is 9.46 Å². The number of phosphoric acid groups is 1. The molecule has 0 spiro atoms. The molecule has 2 atom stereocenters. The van der Waals surface area contributed by atoms with Crippen molar-refractivity contribution in [2.24, 2.45) is 11.8 Å². The second-order valence-corrected chi connectivity index (χ2v) is 7.28. The van der Waals surface area contributed by atoms with Gasteiger partial charge in [-0.05, 0) is 24.7 Å². The average Bonchev–Trinajstić information content (AvgIpc) is 2.47. The van der Waals surface area contributed by atoms with Crippen molar-refractivity contribution in [3.05, 3.63) is 0 Å². The standard InChI is InChI=1S/C16H35O4P.Ca/c1-5-9-11-15(7-3)13-19-21(17,18)20-14-16(8-4)12-10-6-2;/h15-16H,5-14H2,1-4H3,(H,17,18);/q;+2/p-1. The molecule has 0 heterocycles. The first-order chi connectivity index (χ1) is 9.99. The molecule has 0 saturated carbocycles. The van der Waals surface area contributed by atoms with Gasteiger partial charge in [0, 0.05) is 0 Å². The van der Waals surface area contributed by atoms with E-state index in [2.05, 4.69) is 27.7 Å². The first-order valence-corrected chi connectivity index (χ1v) is 10.0. The van der Waals surface area contributed by atoms with Gasteiger partial charge in [0.15, 0.2) is 0 Å². The summed E-state index contributed by atoms with van der Waals surface area (Å²) in [5, 5.41) is 0. The van der Waals surface area contributed by atoms with E-state index in [1.54, 1.807) is 0 Å². The van der Waals surface area contributed by atoms with Gasteiger partial charge in [-0.2, -0.15) is 0 Å². The van der Waals surface area contributed by atoms with E-state index in [0.717, 1.165) is 51.4 Å². The van der Waals surface area contributed by atoms with Crippen molar-refractivity contribution in [3.8, 4) is 0 Å². The zero-order chi connectivity index (χ0) is 16.1. The van der Waals surface area contributed by atoms with Crippen LogP contribution in [-0.4, -0.2) is 51.0 Å². The number of hydrogen-bond acceptors (Lipinski definition) is 4. The number of phosphoric ester groups is 1. The zero-order valence-electron chi connectivity index (χ0n) is 15.0. The van der Waals surface area contributed by atoms with Crippen molar-refractivity contribution in [3.63, 3.8) is 0 Å². The van der Waals surface area contributed by atoms with E-state index >= 15 is 0 Å². The Hall–Kier alpha value is 1.37. The summed E-state index contributed by atoms with van der Waals surface area (Å²) in [4.78, 5) is 11.8. The van der Waals surface area contributed by atoms with Gasteiger partial charge in [-0.3, -0.25) is 4.57 Å². The third kappa shape index (κ3) is 13.8. The maximum atomic E-state index is 11.8. The molecule has 0 aromatic heterocycles.